The van der Waals surface area contributed by atoms with Crippen molar-refractivity contribution in [3.63, 3.8) is 0 Å². The predicted octanol–water partition coefficient (Wildman–Crippen LogP) is 1.08. The highest BCUT2D eigenvalue weighted by atomic mass is 16.2. The quantitative estimate of drug-likeness (QED) is 0.889. The lowest BCUT2D eigenvalue weighted by atomic mass is 9.94. The van der Waals surface area contributed by atoms with Gasteiger partial charge in [-0.2, -0.15) is 5.10 Å². The van der Waals surface area contributed by atoms with E-state index in [1.807, 2.05) is 39.1 Å². The molecule has 1 saturated heterocycles. The molecule has 0 spiro atoms. The van der Waals surface area contributed by atoms with Gasteiger partial charge in [0.1, 0.15) is 5.82 Å². The number of hydrogen-bond donors (Lipinski definition) is 1. The molecule has 1 aliphatic heterocycles. The van der Waals surface area contributed by atoms with Crippen LogP contribution in [0.3, 0.4) is 0 Å². The molecule has 0 bridgehead atoms. The number of fused-ring (bicyclic) bond motifs is 1. The summed E-state index contributed by atoms with van der Waals surface area (Å²) in [5.41, 5.74) is 0.500. The summed E-state index contributed by atoms with van der Waals surface area (Å²) < 4.78 is 1.74. The van der Waals surface area contributed by atoms with E-state index in [0.717, 1.165) is 24.6 Å². The second-order valence-electron chi connectivity index (χ2n) is 6.25. The van der Waals surface area contributed by atoms with Gasteiger partial charge in [0, 0.05) is 30.8 Å². The molecule has 2 aromatic rings. The highest BCUT2D eigenvalue weighted by Gasteiger charge is 2.32. The maximum atomic E-state index is 11.9. The van der Waals surface area contributed by atoms with E-state index in [1.54, 1.807) is 10.7 Å². The van der Waals surface area contributed by atoms with Crippen molar-refractivity contribution >= 4 is 17.4 Å². The summed E-state index contributed by atoms with van der Waals surface area (Å²) >= 11 is 0. The molecule has 0 aliphatic carbocycles. The number of nitrogens with one attached hydrogen (secondary N) is 1. The van der Waals surface area contributed by atoms with E-state index in [2.05, 4.69) is 20.3 Å². The van der Waals surface area contributed by atoms with Crippen LogP contribution in [0.4, 0.5) is 5.82 Å². The van der Waals surface area contributed by atoms with Crippen molar-refractivity contribution in [2.24, 2.45) is 5.41 Å². The fourth-order valence-electron chi connectivity index (χ4n) is 2.14. The molecule has 1 amide bonds. The Morgan fingerprint density at radius 3 is 2.80 bits per heavy atom. The van der Waals surface area contributed by atoms with Crippen molar-refractivity contribution in [1.82, 2.24) is 19.9 Å². The minimum atomic E-state index is -0.338. The van der Waals surface area contributed by atoms with E-state index in [1.165, 1.54) is 0 Å². The second-order valence-corrected chi connectivity index (χ2v) is 6.25. The molecule has 106 valence electrons. The van der Waals surface area contributed by atoms with E-state index < -0.39 is 0 Å². The Hall–Kier alpha value is -2.11. The maximum absolute atomic E-state index is 11.9. The Bertz CT molecular complexity index is 636. The molecular weight excluding hydrogens is 254 g/mol. The molecule has 0 radical (unpaired) electrons. The monoisotopic (exact) mass is 273 g/mol. The Morgan fingerprint density at radius 1 is 1.35 bits per heavy atom. The Balaban J connectivity index is 1.61. The van der Waals surface area contributed by atoms with Gasteiger partial charge in [-0.25, -0.2) is 9.50 Å². The molecule has 2 aromatic heterocycles. The molecule has 20 heavy (non-hydrogen) atoms. The minimum Gasteiger partial charge on any atom is -0.352 e. The van der Waals surface area contributed by atoms with Crippen LogP contribution in [0.5, 0.6) is 0 Å². The van der Waals surface area contributed by atoms with Crippen molar-refractivity contribution < 1.29 is 4.79 Å². The lowest BCUT2D eigenvalue weighted by Crippen LogP contribution is -2.61. The van der Waals surface area contributed by atoms with Gasteiger partial charge in [-0.3, -0.25) is 4.79 Å². The SMILES string of the molecule is CC(C)(C)C(=O)NC1CN(c2ccn3nccc3n2)C1. The summed E-state index contributed by atoms with van der Waals surface area (Å²) in [7, 11) is 0. The van der Waals surface area contributed by atoms with E-state index in [-0.39, 0.29) is 17.4 Å². The minimum absolute atomic E-state index is 0.0985. The van der Waals surface area contributed by atoms with E-state index in [4.69, 9.17) is 0 Å². The van der Waals surface area contributed by atoms with Crippen LogP contribution >= 0.6 is 0 Å². The van der Waals surface area contributed by atoms with Crippen LogP contribution < -0.4 is 10.2 Å². The Labute approximate surface area is 117 Å². The zero-order valence-corrected chi connectivity index (χ0v) is 12.0. The summed E-state index contributed by atoms with van der Waals surface area (Å²) in [6.45, 7) is 7.38. The second kappa shape index (κ2) is 4.47. The first-order valence-electron chi connectivity index (χ1n) is 6.80. The molecule has 1 N–H and O–H groups in total. The molecule has 0 saturated carbocycles. The third-order valence-electron chi connectivity index (χ3n) is 3.47. The average Bonchev–Trinajstić information content (AvgIpc) is 2.78. The summed E-state index contributed by atoms with van der Waals surface area (Å²) in [6.07, 6.45) is 3.63. The molecule has 0 atom stereocenters. The predicted molar refractivity (Wildman–Crippen MR) is 76.6 cm³/mol. The number of amides is 1. The third kappa shape index (κ3) is 2.33. The third-order valence-corrected chi connectivity index (χ3v) is 3.47. The number of carbonyl (C=O) groups is 1. The summed E-state index contributed by atoms with van der Waals surface area (Å²) in [5, 5.41) is 7.19. The summed E-state index contributed by atoms with van der Waals surface area (Å²) in [5.74, 6) is 1.03. The molecule has 1 fully saturated rings. The van der Waals surface area contributed by atoms with Gasteiger partial charge in [0.25, 0.3) is 0 Å². The lowest BCUT2D eigenvalue weighted by Gasteiger charge is -2.41. The average molecular weight is 273 g/mol. The zero-order valence-electron chi connectivity index (χ0n) is 12.0. The van der Waals surface area contributed by atoms with Crippen LogP contribution in [0.15, 0.2) is 24.5 Å². The number of hydrogen-bond acceptors (Lipinski definition) is 4. The van der Waals surface area contributed by atoms with E-state index in [9.17, 15) is 4.79 Å². The van der Waals surface area contributed by atoms with Gasteiger partial charge in [-0.15, -0.1) is 0 Å². The van der Waals surface area contributed by atoms with Gasteiger partial charge in [0.2, 0.25) is 5.91 Å². The molecule has 6 heteroatoms. The lowest BCUT2D eigenvalue weighted by molar-refractivity contribution is -0.129. The first kappa shape index (κ1) is 12.9. The first-order chi connectivity index (χ1) is 9.43. The largest absolute Gasteiger partial charge is 0.352 e. The number of aromatic nitrogens is 3. The number of nitrogens with zero attached hydrogens (tertiary/aromatic N) is 4. The number of rotatable bonds is 2. The molecule has 1 aliphatic rings. The van der Waals surface area contributed by atoms with Gasteiger partial charge in [0.05, 0.1) is 12.2 Å². The normalized spacial score (nSPS) is 16.2. The first-order valence-corrected chi connectivity index (χ1v) is 6.80. The highest BCUT2D eigenvalue weighted by Crippen LogP contribution is 2.20. The van der Waals surface area contributed by atoms with Gasteiger partial charge in [-0.05, 0) is 6.07 Å². The fraction of sp³-hybridized carbons (Fsp3) is 0.500. The Kier molecular flexibility index (Phi) is 2.88. The maximum Gasteiger partial charge on any atom is 0.225 e. The van der Waals surface area contributed by atoms with Gasteiger partial charge >= 0.3 is 0 Å². The van der Waals surface area contributed by atoms with Crippen molar-refractivity contribution in [3.8, 4) is 0 Å². The van der Waals surface area contributed by atoms with Crippen LogP contribution in [-0.2, 0) is 4.79 Å². The molecule has 3 heterocycles. The van der Waals surface area contributed by atoms with Crippen LogP contribution in [-0.4, -0.2) is 39.6 Å². The summed E-state index contributed by atoms with van der Waals surface area (Å²) in [4.78, 5) is 18.6. The summed E-state index contributed by atoms with van der Waals surface area (Å²) in [6, 6.07) is 4.04. The zero-order chi connectivity index (χ0) is 14.3. The topological polar surface area (TPSA) is 62.5 Å². The van der Waals surface area contributed by atoms with E-state index in [0.29, 0.717) is 0 Å². The van der Waals surface area contributed by atoms with Crippen LogP contribution in [0.1, 0.15) is 20.8 Å². The molecule has 6 nitrogen and oxygen atoms in total. The van der Waals surface area contributed by atoms with E-state index >= 15 is 0 Å². The Morgan fingerprint density at radius 2 is 2.10 bits per heavy atom. The molecular formula is C14H19N5O. The van der Waals surface area contributed by atoms with Crippen molar-refractivity contribution in [2.45, 2.75) is 26.8 Å². The van der Waals surface area contributed by atoms with Crippen LogP contribution in [0.2, 0.25) is 0 Å². The van der Waals surface area contributed by atoms with Crippen LogP contribution in [0, 0.1) is 5.41 Å². The van der Waals surface area contributed by atoms with Crippen molar-refractivity contribution in [3.05, 3.63) is 24.5 Å². The fourth-order valence-corrected chi connectivity index (χ4v) is 2.14. The van der Waals surface area contributed by atoms with Crippen molar-refractivity contribution in [1.29, 1.82) is 0 Å². The van der Waals surface area contributed by atoms with Gasteiger partial charge in [-0.1, -0.05) is 20.8 Å². The van der Waals surface area contributed by atoms with Gasteiger partial charge in [0.15, 0.2) is 5.65 Å². The molecule has 3 rings (SSSR count). The molecule has 0 unspecified atom stereocenters. The van der Waals surface area contributed by atoms with Gasteiger partial charge < -0.3 is 10.2 Å². The van der Waals surface area contributed by atoms with Crippen molar-refractivity contribution in [2.75, 3.05) is 18.0 Å². The number of anilines is 1. The molecule has 0 aromatic carbocycles. The van der Waals surface area contributed by atoms with Crippen LogP contribution in [0.25, 0.3) is 5.65 Å². The number of carbonyl (C=O) groups excluding carboxylic acids is 1. The smallest absolute Gasteiger partial charge is 0.225 e. The standard InChI is InChI=1S/C14H19N5O/c1-14(2,3)13(20)16-10-8-18(9-10)11-5-7-19-12(17-11)4-6-15-19/h4-7,10H,8-9H2,1-3H3,(H,16,20). The highest BCUT2D eigenvalue weighted by molar-refractivity contribution is 5.82.